The molecule has 3 atom stereocenters. The first-order valence-corrected chi connectivity index (χ1v) is 8.61. The summed E-state index contributed by atoms with van der Waals surface area (Å²) in [5, 5.41) is 3.25. The minimum Gasteiger partial charge on any atom is -0.495 e. The number of carbonyl (C=O) groups is 1. The molecule has 1 heterocycles. The fourth-order valence-electron chi connectivity index (χ4n) is 3.96. The molecule has 1 amide bonds. The van der Waals surface area contributed by atoms with Crippen LogP contribution in [0.2, 0.25) is 0 Å². The van der Waals surface area contributed by atoms with E-state index in [9.17, 15) is 4.79 Å². The lowest BCUT2D eigenvalue weighted by atomic mass is 9.95. The fourth-order valence-corrected chi connectivity index (χ4v) is 3.96. The van der Waals surface area contributed by atoms with E-state index in [1.165, 1.54) is 0 Å². The third kappa shape index (κ3) is 3.44. The molecule has 2 fully saturated rings. The van der Waals surface area contributed by atoms with Crippen LogP contribution in [0, 0.1) is 11.8 Å². The topological polar surface area (TPSA) is 67.6 Å². The number of anilines is 1. The van der Waals surface area contributed by atoms with Gasteiger partial charge in [0.25, 0.3) is 0 Å². The van der Waals surface area contributed by atoms with Crippen molar-refractivity contribution in [1.82, 2.24) is 5.32 Å². The number of nitrogens with zero attached hydrogens (tertiary/aromatic N) is 1. The lowest BCUT2D eigenvalue weighted by Gasteiger charge is -2.23. The molecule has 23 heavy (non-hydrogen) atoms. The highest BCUT2D eigenvalue weighted by Crippen LogP contribution is 2.32. The van der Waals surface area contributed by atoms with Crippen LogP contribution in [-0.4, -0.2) is 38.7 Å². The molecule has 1 saturated heterocycles. The minimum absolute atomic E-state index is 0.111. The zero-order valence-electron chi connectivity index (χ0n) is 13.8. The van der Waals surface area contributed by atoms with Crippen molar-refractivity contribution < 1.29 is 9.53 Å². The van der Waals surface area contributed by atoms with Crippen molar-refractivity contribution in [3.8, 4) is 5.75 Å². The Kier molecular flexibility index (Phi) is 5.06. The molecule has 5 heteroatoms. The quantitative estimate of drug-likeness (QED) is 0.868. The van der Waals surface area contributed by atoms with Gasteiger partial charge < -0.3 is 20.7 Å². The van der Waals surface area contributed by atoms with Crippen LogP contribution >= 0.6 is 0 Å². The van der Waals surface area contributed by atoms with Gasteiger partial charge in [-0.3, -0.25) is 4.79 Å². The van der Waals surface area contributed by atoms with E-state index in [0.717, 1.165) is 50.2 Å². The summed E-state index contributed by atoms with van der Waals surface area (Å²) in [5.74, 6) is 1.56. The highest BCUT2D eigenvalue weighted by atomic mass is 16.5. The molecule has 0 aromatic heterocycles. The van der Waals surface area contributed by atoms with Gasteiger partial charge in [0.15, 0.2) is 0 Å². The van der Waals surface area contributed by atoms with Crippen molar-refractivity contribution in [2.75, 3.05) is 31.6 Å². The van der Waals surface area contributed by atoms with Gasteiger partial charge in [0, 0.05) is 25.0 Å². The van der Waals surface area contributed by atoms with E-state index in [2.05, 4.69) is 16.3 Å². The summed E-state index contributed by atoms with van der Waals surface area (Å²) < 4.78 is 5.44. The van der Waals surface area contributed by atoms with Gasteiger partial charge in [-0.25, -0.2) is 0 Å². The van der Waals surface area contributed by atoms with Crippen LogP contribution in [0.25, 0.3) is 0 Å². The first-order valence-electron chi connectivity index (χ1n) is 8.61. The number of amides is 1. The SMILES string of the molecule is COc1ccccc1N1CCC(NC(=O)[C@@H]2CCC[C@@H]2CN)C1. The summed E-state index contributed by atoms with van der Waals surface area (Å²) in [6.07, 6.45) is 4.17. The molecule has 1 saturated carbocycles. The predicted molar refractivity (Wildman–Crippen MR) is 91.6 cm³/mol. The van der Waals surface area contributed by atoms with Gasteiger partial charge in [-0.2, -0.15) is 0 Å². The lowest BCUT2D eigenvalue weighted by molar-refractivity contribution is -0.126. The van der Waals surface area contributed by atoms with Gasteiger partial charge in [-0.05, 0) is 43.9 Å². The molecule has 3 rings (SSSR count). The fraction of sp³-hybridized carbons (Fsp3) is 0.611. The Morgan fingerprint density at radius 3 is 2.96 bits per heavy atom. The molecule has 1 aliphatic heterocycles. The zero-order chi connectivity index (χ0) is 16.2. The number of nitrogens with two attached hydrogens (primary N) is 1. The van der Waals surface area contributed by atoms with Crippen molar-refractivity contribution in [2.24, 2.45) is 17.6 Å². The second-order valence-corrected chi connectivity index (χ2v) is 6.65. The number of rotatable bonds is 5. The summed E-state index contributed by atoms with van der Waals surface area (Å²) in [5.41, 5.74) is 6.90. The van der Waals surface area contributed by atoms with Crippen LogP contribution in [0.1, 0.15) is 25.7 Å². The van der Waals surface area contributed by atoms with E-state index in [-0.39, 0.29) is 17.9 Å². The summed E-state index contributed by atoms with van der Waals surface area (Å²) in [6.45, 7) is 2.40. The number of hydrogen-bond donors (Lipinski definition) is 2. The van der Waals surface area contributed by atoms with E-state index >= 15 is 0 Å². The van der Waals surface area contributed by atoms with Crippen molar-refractivity contribution in [3.63, 3.8) is 0 Å². The van der Waals surface area contributed by atoms with Crippen LogP contribution in [-0.2, 0) is 4.79 Å². The molecule has 0 bridgehead atoms. The second-order valence-electron chi connectivity index (χ2n) is 6.65. The third-order valence-electron chi connectivity index (χ3n) is 5.26. The van der Waals surface area contributed by atoms with Gasteiger partial charge >= 0.3 is 0 Å². The first-order chi connectivity index (χ1) is 11.2. The van der Waals surface area contributed by atoms with Crippen molar-refractivity contribution in [2.45, 2.75) is 31.7 Å². The Bertz CT molecular complexity index is 549. The third-order valence-corrected chi connectivity index (χ3v) is 5.26. The molecular formula is C18H27N3O2. The number of methoxy groups -OCH3 is 1. The largest absolute Gasteiger partial charge is 0.495 e. The smallest absolute Gasteiger partial charge is 0.223 e. The van der Waals surface area contributed by atoms with Gasteiger partial charge in [0.1, 0.15) is 5.75 Å². The second kappa shape index (κ2) is 7.21. The van der Waals surface area contributed by atoms with Crippen LogP contribution in [0.4, 0.5) is 5.69 Å². The van der Waals surface area contributed by atoms with Crippen LogP contribution < -0.4 is 20.7 Å². The van der Waals surface area contributed by atoms with E-state index in [1.807, 2.05) is 18.2 Å². The minimum atomic E-state index is 0.111. The summed E-state index contributed by atoms with van der Waals surface area (Å²) >= 11 is 0. The summed E-state index contributed by atoms with van der Waals surface area (Å²) in [6, 6.07) is 8.26. The van der Waals surface area contributed by atoms with Gasteiger partial charge in [0.2, 0.25) is 5.91 Å². The summed E-state index contributed by atoms with van der Waals surface area (Å²) in [7, 11) is 1.70. The average Bonchev–Trinajstić information content (AvgIpc) is 3.23. The van der Waals surface area contributed by atoms with Crippen molar-refractivity contribution in [3.05, 3.63) is 24.3 Å². The number of nitrogens with one attached hydrogen (secondary N) is 1. The Morgan fingerprint density at radius 1 is 1.35 bits per heavy atom. The van der Waals surface area contributed by atoms with E-state index in [1.54, 1.807) is 7.11 Å². The summed E-state index contributed by atoms with van der Waals surface area (Å²) in [4.78, 5) is 14.8. The molecule has 1 aromatic rings. The van der Waals surface area contributed by atoms with E-state index in [4.69, 9.17) is 10.5 Å². The standard InChI is InChI=1S/C18H27N3O2/c1-23-17-8-3-2-7-16(17)21-10-9-14(12-21)20-18(22)15-6-4-5-13(15)11-19/h2-3,7-8,13-15H,4-6,9-12,19H2,1H3,(H,20,22)/t13-,14?,15-/m1/s1. The molecule has 1 aliphatic carbocycles. The molecule has 3 N–H and O–H groups in total. The maximum atomic E-state index is 12.5. The Balaban J connectivity index is 1.58. The number of hydrogen-bond acceptors (Lipinski definition) is 4. The number of benzene rings is 1. The first kappa shape index (κ1) is 16.1. The molecule has 126 valence electrons. The van der Waals surface area contributed by atoms with Gasteiger partial charge in [-0.15, -0.1) is 0 Å². The molecule has 2 aliphatic rings. The van der Waals surface area contributed by atoms with Crippen LogP contribution in [0.15, 0.2) is 24.3 Å². The number of para-hydroxylation sites is 2. The van der Waals surface area contributed by atoms with Crippen molar-refractivity contribution in [1.29, 1.82) is 0 Å². The van der Waals surface area contributed by atoms with Gasteiger partial charge in [0.05, 0.1) is 12.8 Å². The van der Waals surface area contributed by atoms with E-state index in [0.29, 0.717) is 12.5 Å². The number of ether oxygens (including phenoxy) is 1. The Hall–Kier alpha value is -1.75. The van der Waals surface area contributed by atoms with Crippen LogP contribution in [0.5, 0.6) is 5.75 Å². The molecule has 1 unspecified atom stereocenters. The Morgan fingerprint density at radius 2 is 2.17 bits per heavy atom. The maximum absolute atomic E-state index is 12.5. The highest BCUT2D eigenvalue weighted by Gasteiger charge is 2.34. The van der Waals surface area contributed by atoms with Gasteiger partial charge in [-0.1, -0.05) is 18.6 Å². The van der Waals surface area contributed by atoms with Crippen LogP contribution in [0.3, 0.4) is 0 Å². The Labute approximate surface area is 138 Å². The predicted octanol–water partition coefficient (Wildman–Crippen LogP) is 1.77. The monoisotopic (exact) mass is 317 g/mol. The van der Waals surface area contributed by atoms with Crippen molar-refractivity contribution >= 4 is 11.6 Å². The molecule has 0 spiro atoms. The molecular weight excluding hydrogens is 290 g/mol. The lowest BCUT2D eigenvalue weighted by Crippen LogP contribution is -2.42. The number of carbonyl (C=O) groups excluding carboxylic acids is 1. The molecule has 0 radical (unpaired) electrons. The normalized spacial score (nSPS) is 27.2. The van der Waals surface area contributed by atoms with E-state index < -0.39 is 0 Å². The molecule has 5 nitrogen and oxygen atoms in total. The molecule has 1 aromatic carbocycles. The highest BCUT2D eigenvalue weighted by molar-refractivity contribution is 5.79. The zero-order valence-corrected chi connectivity index (χ0v) is 13.8. The maximum Gasteiger partial charge on any atom is 0.223 e. The average molecular weight is 317 g/mol.